The van der Waals surface area contributed by atoms with E-state index in [9.17, 15) is 22.8 Å². The highest BCUT2D eigenvalue weighted by Gasteiger charge is 2.33. The number of nitrogens with one attached hydrogen (secondary N) is 2. The van der Waals surface area contributed by atoms with Crippen LogP contribution in [0.25, 0.3) is 10.9 Å². The summed E-state index contributed by atoms with van der Waals surface area (Å²) in [7, 11) is 0. The molecule has 0 bridgehead atoms. The van der Waals surface area contributed by atoms with Crippen LogP contribution in [0.3, 0.4) is 0 Å². The largest absolute Gasteiger partial charge is 0.418 e. The number of nitrogens with zero attached hydrogens (tertiary/aromatic N) is 2. The van der Waals surface area contributed by atoms with Crippen molar-refractivity contribution in [3.05, 3.63) is 65.9 Å². The Bertz CT molecular complexity index is 1150. The molecule has 1 aromatic heterocycles. The normalized spacial score (nSPS) is 15.0. The summed E-state index contributed by atoms with van der Waals surface area (Å²) in [6, 6.07) is 13.0. The molecule has 180 valence electrons. The molecule has 1 saturated heterocycles. The van der Waals surface area contributed by atoms with Gasteiger partial charge >= 0.3 is 6.18 Å². The zero-order valence-electron chi connectivity index (χ0n) is 18.7. The van der Waals surface area contributed by atoms with Gasteiger partial charge in [0.15, 0.2) is 0 Å². The molecule has 6 nitrogen and oxygen atoms in total. The summed E-state index contributed by atoms with van der Waals surface area (Å²) in [5, 5.41) is 3.55. The minimum Gasteiger partial charge on any atom is -0.361 e. The summed E-state index contributed by atoms with van der Waals surface area (Å²) in [6.07, 6.45) is -0.526. The molecular formula is C25H27F3N4O2. The van der Waals surface area contributed by atoms with E-state index in [0.29, 0.717) is 32.6 Å². The Hall–Kier alpha value is -3.33. The van der Waals surface area contributed by atoms with E-state index in [1.165, 1.54) is 29.1 Å². The maximum absolute atomic E-state index is 13.1. The van der Waals surface area contributed by atoms with Gasteiger partial charge in [0.05, 0.1) is 17.8 Å². The summed E-state index contributed by atoms with van der Waals surface area (Å²) in [4.78, 5) is 31.8. The summed E-state index contributed by atoms with van der Waals surface area (Å²) < 4.78 is 39.3. The van der Waals surface area contributed by atoms with E-state index < -0.39 is 17.6 Å². The highest BCUT2D eigenvalue weighted by atomic mass is 19.4. The number of aromatic amines is 1. The van der Waals surface area contributed by atoms with E-state index in [-0.39, 0.29) is 18.1 Å². The van der Waals surface area contributed by atoms with E-state index in [1.54, 1.807) is 4.90 Å². The molecule has 0 radical (unpaired) electrons. The minimum atomic E-state index is -4.54. The van der Waals surface area contributed by atoms with Crippen molar-refractivity contribution in [3.63, 3.8) is 0 Å². The van der Waals surface area contributed by atoms with E-state index in [2.05, 4.69) is 16.4 Å². The van der Waals surface area contributed by atoms with Gasteiger partial charge in [-0.3, -0.25) is 14.5 Å². The van der Waals surface area contributed by atoms with Crippen LogP contribution in [0.1, 0.15) is 24.0 Å². The first kappa shape index (κ1) is 23.8. The number of hydrogen-bond acceptors (Lipinski definition) is 3. The first-order chi connectivity index (χ1) is 16.3. The lowest BCUT2D eigenvalue weighted by Crippen LogP contribution is -2.50. The molecule has 1 aliphatic heterocycles. The van der Waals surface area contributed by atoms with Crippen molar-refractivity contribution in [2.75, 3.05) is 38.0 Å². The number of carbonyl (C=O) groups is 2. The lowest BCUT2D eigenvalue weighted by atomic mass is 10.1. The van der Waals surface area contributed by atoms with Crippen molar-refractivity contribution >= 4 is 28.4 Å². The fourth-order valence-corrected chi connectivity index (χ4v) is 4.31. The lowest BCUT2D eigenvalue weighted by Gasteiger charge is -2.34. The SMILES string of the molecule is O=C(CN1CCN(C(=O)CCCc2c[nH]c3ccccc23)CC1)Nc1ccccc1C(F)(F)F. The average Bonchev–Trinajstić information content (AvgIpc) is 3.22. The van der Waals surface area contributed by atoms with Gasteiger partial charge in [0, 0.05) is 49.7 Å². The minimum absolute atomic E-state index is 0.0191. The molecule has 1 fully saturated rings. The molecular weight excluding hydrogens is 445 g/mol. The molecule has 9 heteroatoms. The number of hydrogen-bond donors (Lipinski definition) is 2. The number of amides is 2. The fraction of sp³-hybridized carbons (Fsp3) is 0.360. The van der Waals surface area contributed by atoms with Gasteiger partial charge in [0.2, 0.25) is 11.8 Å². The molecule has 1 aliphatic rings. The van der Waals surface area contributed by atoms with E-state index in [1.807, 2.05) is 29.3 Å². The van der Waals surface area contributed by atoms with Crippen LogP contribution < -0.4 is 5.32 Å². The number of halogens is 3. The van der Waals surface area contributed by atoms with E-state index >= 15 is 0 Å². The van der Waals surface area contributed by atoms with Crippen LogP contribution in [-0.2, 0) is 22.2 Å². The number of para-hydroxylation sites is 2. The first-order valence-corrected chi connectivity index (χ1v) is 11.3. The van der Waals surface area contributed by atoms with Crippen LogP contribution >= 0.6 is 0 Å². The maximum atomic E-state index is 13.1. The summed E-state index contributed by atoms with van der Waals surface area (Å²) >= 11 is 0. The number of carbonyl (C=O) groups excluding carboxylic acids is 2. The fourth-order valence-electron chi connectivity index (χ4n) is 4.31. The van der Waals surface area contributed by atoms with Crippen molar-refractivity contribution in [2.24, 2.45) is 0 Å². The van der Waals surface area contributed by atoms with Crippen LogP contribution in [0.15, 0.2) is 54.7 Å². The standard InChI is InChI=1S/C25H27F3N4O2/c26-25(27,28)20-8-2-4-10-22(20)30-23(33)17-31-12-14-32(15-13-31)24(34)11-5-6-18-16-29-21-9-3-1-7-19(18)21/h1-4,7-10,16,29H,5-6,11-15,17H2,(H,30,33). The molecule has 2 N–H and O–H groups in total. The number of aromatic nitrogens is 1. The smallest absolute Gasteiger partial charge is 0.361 e. The Balaban J connectivity index is 1.20. The van der Waals surface area contributed by atoms with Crippen molar-refractivity contribution < 1.29 is 22.8 Å². The van der Waals surface area contributed by atoms with Gasteiger partial charge in [0.25, 0.3) is 0 Å². The van der Waals surface area contributed by atoms with Gasteiger partial charge in [-0.2, -0.15) is 13.2 Å². The maximum Gasteiger partial charge on any atom is 0.418 e. The number of anilines is 1. The van der Waals surface area contributed by atoms with Gasteiger partial charge in [-0.25, -0.2) is 0 Å². The van der Waals surface area contributed by atoms with Crippen molar-refractivity contribution in [1.82, 2.24) is 14.8 Å². The third kappa shape index (κ3) is 5.77. The van der Waals surface area contributed by atoms with E-state index in [0.717, 1.165) is 24.4 Å². The van der Waals surface area contributed by atoms with Crippen LogP contribution in [0, 0.1) is 0 Å². The molecule has 2 amide bonds. The third-order valence-electron chi connectivity index (χ3n) is 6.11. The number of piperazine rings is 1. The van der Waals surface area contributed by atoms with Crippen LogP contribution in [0.4, 0.5) is 18.9 Å². The molecule has 0 saturated carbocycles. The average molecular weight is 473 g/mol. The van der Waals surface area contributed by atoms with Crippen LogP contribution in [-0.4, -0.2) is 59.3 Å². The Morgan fingerprint density at radius 1 is 0.971 bits per heavy atom. The van der Waals surface area contributed by atoms with Gasteiger partial charge in [-0.05, 0) is 36.6 Å². The summed E-state index contributed by atoms with van der Waals surface area (Å²) in [5.41, 5.74) is 1.17. The number of H-pyrrole nitrogens is 1. The molecule has 0 aliphatic carbocycles. The second kappa shape index (κ2) is 10.3. The van der Waals surface area contributed by atoms with Gasteiger partial charge < -0.3 is 15.2 Å². The number of benzene rings is 2. The molecule has 0 spiro atoms. The predicted molar refractivity (Wildman–Crippen MR) is 124 cm³/mol. The Labute approximate surface area is 195 Å². The Morgan fingerprint density at radius 2 is 1.68 bits per heavy atom. The molecule has 0 atom stereocenters. The number of fused-ring (bicyclic) bond motifs is 1. The number of alkyl halides is 3. The van der Waals surface area contributed by atoms with Crippen molar-refractivity contribution in [1.29, 1.82) is 0 Å². The molecule has 2 heterocycles. The number of aryl methyl sites for hydroxylation is 1. The van der Waals surface area contributed by atoms with Gasteiger partial charge in [0.1, 0.15) is 0 Å². The van der Waals surface area contributed by atoms with Gasteiger partial charge in [-0.15, -0.1) is 0 Å². The molecule has 2 aromatic carbocycles. The van der Waals surface area contributed by atoms with Crippen LogP contribution in [0.2, 0.25) is 0 Å². The summed E-state index contributed by atoms with van der Waals surface area (Å²) in [5.74, 6) is -0.418. The Morgan fingerprint density at radius 3 is 2.44 bits per heavy atom. The zero-order valence-corrected chi connectivity index (χ0v) is 18.7. The van der Waals surface area contributed by atoms with E-state index in [4.69, 9.17) is 0 Å². The molecule has 4 rings (SSSR count). The zero-order chi connectivity index (χ0) is 24.1. The molecule has 0 unspecified atom stereocenters. The predicted octanol–water partition coefficient (Wildman–Crippen LogP) is 4.29. The first-order valence-electron chi connectivity index (χ1n) is 11.3. The summed E-state index contributed by atoms with van der Waals surface area (Å²) in [6.45, 7) is 1.98. The quantitative estimate of drug-likeness (QED) is 0.539. The van der Waals surface area contributed by atoms with Crippen molar-refractivity contribution in [2.45, 2.75) is 25.4 Å². The highest BCUT2D eigenvalue weighted by Crippen LogP contribution is 2.34. The van der Waals surface area contributed by atoms with Gasteiger partial charge in [-0.1, -0.05) is 30.3 Å². The second-order valence-electron chi connectivity index (χ2n) is 8.46. The van der Waals surface area contributed by atoms with Crippen LogP contribution in [0.5, 0.6) is 0 Å². The lowest BCUT2D eigenvalue weighted by molar-refractivity contribution is -0.137. The van der Waals surface area contributed by atoms with Crippen molar-refractivity contribution in [3.8, 4) is 0 Å². The molecule has 34 heavy (non-hydrogen) atoms. The molecule has 3 aromatic rings. The second-order valence-corrected chi connectivity index (χ2v) is 8.46. The number of rotatable bonds is 7. The topological polar surface area (TPSA) is 68.4 Å². The Kier molecular flexibility index (Phi) is 7.21. The monoisotopic (exact) mass is 472 g/mol. The highest BCUT2D eigenvalue weighted by molar-refractivity contribution is 5.93. The third-order valence-corrected chi connectivity index (χ3v) is 6.11.